The van der Waals surface area contributed by atoms with Crippen molar-refractivity contribution in [3.63, 3.8) is 0 Å². The van der Waals surface area contributed by atoms with Crippen LogP contribution in [-0.2, 0) is 17.8 Å². The van der Waals surface area contributed by atoms with Gasteiger partial charge in [0.05, 0.1) is 5.56 Å². The highest BCUT2D eigenvalue weighted by Crippen LogP contribution is 2.19. The van der Waals surface area contributed by atoms with Crippen LogP contribution in [0.25, 0.3) is 0 Å². The van der Waals surface area contributed by atoms with Gasteiger partial charge in [-0.3, -0.25) is 9.59 Å². The summed E-state index contributed by atoms with van der Waals surface area (Å²) in [5.41, 5.74) is 1.58. The van der Waals surface area contributed by atoms with E-state index in [2.05, 4.69) is 16.9 Å². The molecule has 3 rings (SSSR count). The van der Waals surface area contributed by atoms with Crippen molar-refractivity contribution in [2.75, 3.05) is 13.1 Å². The largest absolute Gasteiger partial charge is 0.336 e. The van der Waals surface area contributed by atoms with Crippen LogP contribution in [0, 0.1) is 0 Å². The van der Waals surface area contributed by atoms with E-state index in [-0.39, 0.29) is 17.9 Å². The van der Waals surface area contributed by atoms with Gasteiger partial charge in [0.2, 0.25) is 5.91 Å². The van der Waals surface area contributed by atoms with E-state index in [1.54, 1.807) is 17.3 Å². The Morgan fingerprint density at radius 2 is 1.85 bits per heavy atom. The first kappa shape index (κ1) is 19.0. The normalized spacial score (nSPS) is 17.7. The molecule has 0 bridgehead atoms. The Balaban J connectivity index is 1.76. The summed E-state index contributed by atoms with van der Waals surface area (Å²) in [7, 11) is 0. The van der Waals surface area contributed by atoms with Gasteiger partial charge in [-0.2, -0.15) is 0 Å². The second-order valence-corrected chi connectivity index (χ2v) is 6.81. The Bertz CT molecular complexity index is 777. The van der Waals surface area contributed by atoms with Crippen molar-refractivity contribution < 1.29 is 9.59 Å². The molecule has 1 atom stereocenters. The molecule has 27 heavy (non-hydrogen) atoms. The summed E-state index contributed by atoms with van der Waals surface area (Å²) in [6, 6.07) is 9.99. The molecule has 1 aromatic carbocycles. The van der Waals surface area contributed by atoms with E-state index in [0.29, 0.717) is 31.6 Å². The van der Waals surface area contributed by atoms with Crippen molar-refractivity contribution >= 4 is 11.8 Å². The number of nitrogens with zero attached hydrogens (tertiary/aromatic N) is 4. The van der Waals surface area contributed by atoms with Crippen LogP contribution >= 0.6 is 0 Å². The van der Waals surface area contributed by atoms with Crippen LogP contribution in [0.1, 0.15) is 48.4 Å². The molecule has 142 valence electrons. The maximum absolute atomic E-state index is 12.9. The van der Waals surface area contributed by atoms with Crippen LogP contribution in [0.4, 0.5) is 0 Å². The van der Waals surface area contributed by atoms with Crippen LogP contribution in [0.15, 0.2) is 42.7 Å². The first-order valence-electron chi connectivity index (χ1n) is 9.56. The SMILES string of the molecule is CCc1ncc(C(=O)N2CCC(=O)N(Cc3ccccc3)C(CC)C2)cn1. The number of carbonyl (C=O) groups is 2. The molecule has 2 heterocycles. The van der Waals surface area contributed by atoms with Gasteiger partial charge in [-0.25, -0.2) is 9.97 Å². The molecule has 2 aromatic rings. The molecule has 1 aromatic heterocycles. The smallest absolute Gasteiger partial charge is 0.257 e. The summed E-state index contributed by atoms with van der Waals surface area (Å²) in [6.07, 6.45) is 5.04. The second kappa shape index (κ2) is 8.75. The van der Waals surface area contributed by atoms with Gasteiger partial charge in [0.15, 0.2) is 0 Å². The van der Waals surface area contributed by atoms with Crippen molar-refractivity contribution in [3.8, 4) is 0 Å². The Hall–Kier alpha value is -2.76. The van der Waals surface area contributed by atoms with E-state index in [9.17, 15) is 9.59 Å². The van der Waals surface area contributed by atoms with E-state index in [4.69, 9.17) is 0 Å². The fourth-order valence-corrected chi connectivity index (χ4v) is 3.38. The number of aryl methyl sites for hydroxylation is 1. The number of benzene rings is 1. The Kier molecular flexibility index (Phi) is 6.16. The van der Waals surface area contributed by atoms with E-state index in [1.807, 2.05) is 42.2 Å². The first-order chi connectivity index (χ1) is 13.1. The molecule has 1 aliphatic rings. The van der Waals surface area contributed by atoms with Crippen LogP contribution in [0.2, 0.25) is 0 Å². The standard InChI is InChI=1S/C21H26N4O2/c1-3-18-15-24(21(27)17-12-22-19(4-2)23-13-17)11-10-20(26)25(18)14-16-8-6-5-7-9-16/h5-9,12-13,18H,3-4,10-11,14-15H2,1-2H3. The highest BCUT2D eigenvalue weighted by atomic mass is 16.2. The number of amides is 2. The van der Waals surface area contributed by atoms with E-state index < -0.39 is 0 Å². The van der Waals surface area contributed by atoms with Crippen LogP contribution in [0.5, 0.6) is 0 Å². The van der Waals surface area contributed by atoms with Crippen LogP contribution < -0.4 is 0 Å². The third-order valence-corrected chi connectivity index (χ3v) is 5.01. The van der Waals surface area contributed by atoms with Crippen molar-refractivity contribution in [2.24, 2.45) is 0 Å². The van der Waals surface area contributed by atoms with Crippen LogP contribution in [-0.4, -0.2) is 50.7 Å². The molecule has 1 unspecified atom stereocenters. The predicted molar refractivity (Wildman–Crippen MR) is 103 cm³/mol. The number of hydrogen-bond donors (Lipinski definition) is 0. The summed E-state index contributed by atoms with van der Waals surface area (Å²) in [6.45, 7) is 5.57. The highest BCUT2D eigenvalue weighted by Gasteiger charge is 2.31. The molecule has 6 nitrogen and oxygen atoms in total. The Labute approximate surface area is 160 Å². The lowest BCUT2D eigenvalue weighted by Crippen LogP contribution is -2.43. The number of aromatic nitrogens is 2. The quantitative estimate of drug-likeness (QED) is 0.816. The maximum atomic E-state index is 12.9. The summed E-state index contributed by atoms with van der Waals surface area (Å²) in [5, 5.41) is 0. The molecule has 0 radical (unpaired) electrons. The van der Waals surface area contributed by atoms with Gasteiger partial charge in [0.1, 0.15) is 5.82 Å². The monoisotopic (exact) mass is 366 g/mol. The van der Waals surface area contributed by atoms with Crippen molar-refractivity contribution in [3.05, 3.63) is 59.7 Å². The first-order valence-corrected chi connectivity index (χ1v) is 9.56. The lowest BCUT2D eigenvalue weighted by molar-refractivity contribution is -0.133. The van der Waals surface area contributed by atoms with E-state index in [0.717, 1.165) is 24.2 Å². The third kappa shape index (κ3) is 4.51. The number of rotatable bonds is 5. The molecule has 6 heteroatoms. The van der Waals surface area contributed by atoms with Gasteiger partial charge in [-0.05, 0) is 12.0 Å². The molecule has 2 amide bonds. The summed E-state index contributed by atoms with van der Waals surface area (Å²) < 4.78 is 0. The minimum absolute atomic E-state index is 0.00000971. The van der Waals surface area contributed by atoms with Gasteiger partial charge in [0.25, 0.3) is 5.91 Å². The van der Waals surface area contributed by atoms with E-state index >= 15 is 0 Å². The summed E-state index contributed by atoms with van der Waals surface area (Å²) in [4.78, 5) is 37.8. The van der Waals surface area contributed by atoms with Crippen molar-refractivity contribution in [1.29, 1.82) is 0 Å². The molecule has 1 fully saturated rings. The van der Waals surface area contributed by atoms with Crippen molar-refractivity contribution in [2.45, 2.75) is 45.7 Å². The average molecular weight is 366 g/mol. The Morgan fingerprint density at radius 1 is 1.15 bits per heavy atom. The second-order valence-electron chi connectivity index (χ2n) is 6.81. The molecule has 0 saturated carbocycles. The average Bonchev–Trinajstić information content (AvgIpc) is 2.87. The molecule has 0 spiro atoms. The van der Waals surface area contributed by atoms with Crippen LogP contribution in [0.3, 0.4) is 0 Å². The highest BCUT2D eigenvalue weighted by molar-refractivity contribution is 5.94. The zero-order valence-electron chi connectivity index (χ0n) is 16.0. The van der Waals surface area contributed by atoms with Gasteiger partial charge in [0, 0.05) is 50.9 Å². The van der Waals surface area contributed by atoms with Gasteiger partial charge in [-0.15, -0.1) is 0 Å². The summed E-state index contributed by atoms with van der Waals surface area (Å²) >= 11 is 0. The van der Waals surface area contributed by atoms with Crippen molar-refractivity contribution in [1.82, 2.24) is 19.8 Å². The maximum Gasteiger partial charge on any atom is 0.257 e. The van der Waals surface area contributed by atoms with Gasteiger partial charge < -0.3 is 9.80 Å². The van der Waals surface area contributed by atoms with Gasteiger partial charge >= 0.3 is 0 Å². The minimum atomic E-state index is -0.106. The lowest BCUT2D eigenvalue weighted by Gasteiger charge is -2.31. The predicted octanol–water partition coefficient (Wildman–Crippen LogP) is 2.69. The molecular formula is C21H26N4O2. The molecular weight excluding hydrogens is 340 g/mol. The zero-order valence-corrected chi connectivity index (χ0v) is 16.0. The Morgan fingerprint density at radius 3 is 2.48 bits per heavy atom. The third-order valence-electron chi connectivity index (χ3n) is 5.01. The number of carbonyl (C=O) groups excluding carboxylic acids is 2. The molecule has 1 saturated heterocycles. The van der Waals surface area contributed by atoms with Gasteiger partial charge in [-0.1, -0.05) is 44.2 Å². The fraction of sp³-hybridized carbons (Fsp3) is 0.429. The zero-order chi connectivity index (χ0) is 19.2. The molecule has 0 N–H and O–H groups in total. The topological polar surface area (TPSA) is 66.4 Å². The molecule has 1 aliphatic heterocycles. The summed E-state index contributed by atoms with van der Waals surface area (Å²) in [5.74, 6) is 0.710. The fourth-order valence-electron chi connectivity index (χ4n) is 3.38. The number of hydrogen-bond acceptors (Lipinski definition) is 4. The minimum Gasteiger partial charge on any atom is -0.336 e. The lowest BCUT2D eigenvalue weighted by atomic mass is 10.1. The van der Waals surface area contributed by atoms with E-state index in [1.165, 1.54) is 0 Å². The molecule has 0 aliphatic carbocycles.